The molecular formula is C24H40O6. The van der Waals surface area contributed by atoms with Crippen LogP contribution in [0.2, 0.25) is 0 Å². The molecule has 0 fully saturated rings. The second kappa shape index (κ2) is 20.0. The first-order chi connectivity index (χ1) is 14.6. The zero-order valence-corrected chi connectivity index (χ0v) is 19.2. The largest absolute Gasteiger partial charge is 0.498 e. The molecule has 0 atom stereocenters. The molecule has 0 aliphatic carbocycles. The van der Waals surface area contributed by atoms with Crippen LogP contribution in [0.1, 0.15) is 79.1 Å². The van der Waals surface area contributed by atoms with Crippen LogP contribution in [0.25, 0.3) is 0 Å². The summed E-state index contributed by atoms with van der Waals surface area (Å²) in [7, 11) is 0. The quantitative estimate of drug-likeness (QED) is 0.123. The van der Waals surface area contributed by atoms with E-state index in [2.05, 4.69) is 27.7 Å². The van der Waals surface area contributed by atoms with Crippen LogP contribution in [0.15, 0.2) is 35.8 Å². The van der Waals surface area contributed by atoms with Crippen molar-refractivity contribution in [2.24, 2.45) is 0 Å². The lowest BCUT2D eigenvalue weighted by atomic mass is 10.1. The number of unbranched alkanes of at least 4 members (excludes halogenated alkanes) is 2. The van der Waals surface area contributed by atoms with E-state index in [1.807, 2.05) is 0 Å². The molecule has 0 bridgehead atoms. The third-order valence-electron chi connectivity index (χ3n) is 4.36. The molecule has 0 N–H and O–H groups in total. The summed E-state index contributed by atoms with van der Waals surface area (Å²) in [4.78, 5) is 23.2. The SMILES string of the molecule is CCCCC(=COCCOC(=O)/C=C/C(=O)OCCOC=C(CC)CCCC)CC. The molecule has 0 unspecified atom stereocenters. The van der Waals surface area contributed by atoms with Crippen molar-refractivity contribution in [1.82, 2.24) is 0 Å². The predicted octanol–water partition coefficient (Wildman–Crippen LogP) is 5.63. The normalized spacial score (nSPS) is 12.1. The highest BCUT2D eigenvalue weighted by Crippen LogP contribution is 2.11. The lowest BCUT2D eigenvalue weighted by Crippen LogP contribution is -2.10. The van der Waals surface area contributed by atoms with Crippen molar-refractivity contribution < 1.29 is 28.5 Å². The molecule has 6 nitrogen and oxygen atoms in total. The fraction of sp³-hybridized carbons (Fsp3) is 0.667. The third kappa shape index (κ3) is 16.7. The van der Waals surface area contributed by atoms with Crippen LogP contribution in [0.5, 0.6) is 0 Å². The van der Waals surface area contributed by atoms with Crippen molar-refractivity contribution in [2.75, 3.05) is 26.4 Å². The number of hydrogen-bond donors (Lipinski definition) is 0. The summed E-state index contributed by atoms with van der Waals surface area (Å²) in [5.41, 5.74) is 2.49. The number of allylic oxidation sites excluding steroid dienone is 2. The molecule has 0 aliphatic heterocycles. The van der Waals surface area contributed by atoms with E-state index >= 15 is 0 Å². The Morgan fingerprint density at radius 3 is 1.37 bits per heavy atom. The van der Waals surface area contributed by atoms with Gasteiger partial charge in [-0.3, -0.25) is 0 Å². The van der Waals surface area contributed by atoms with Crippen molar-refractivity contribution in [3.8, 4) is 0 Å². The Morgan fingerprint density at radius 1 is 0.633 bits per heavy atom. The fourth-order valence-corrected chi connectivity index (χ4v) is 2.41. The minimum atomic E-state index is -0.607. The Kier molecular flexibility index (Phi) is 18.6. The second-order valence-electron chi connectivity index (χ2n) is 6.88. The van der Waals surface area contributed by atoms with Crippen LogP contribution in [-0.4, -0.2) is 38.4 Å². The van der Waals surface area contributed by atoms with E-state index in [1.165, 1.54) is 11.1 Å². The lowest BCUT2D eigenvalue weighted by Gasteiger charge is -2.06. The molecular weight excluding hydrogens is 384 g/mol. The van der Waals surface area contributed by atoms with Gasteiger partial charge in [0.25, 0.3) is 0 Å². The summed E-state index contributed by atoms with van der Waals surface area (Å²) < 4.78 is 20.8. The summed E-state index contributed by atoms with van der Waals surface area (Å²) in [6.45, 7) is 9.29. The Labute approximate surface area is 182 Å². The van der Waals surface area contributed by atoms with E-state index in [1.54, 1.807) is 12.5 Å². The van der Waals surface area contributed by atoms with Gasteiger partial charge in [0.05, 0.1) is 12.5 Å². The fourth-order valence-electron chi connectivity index (χ4n) is 2.41. The molecule has 0 aromatic rings. The summed E-state index contributed by atoms with van der Waals surface area (Å²) in [6, 6.07) is 0. The first kappa shape index (κ1) is 27.8. The van der Waals surface area contributed by atoms with Gasteiger partial charge in [0.2, 0.25) is 0 Å². The van der Waals surface area contributed by atoms with Crippen molar-refractivity contribution >= 4 is 11.9 Å². The van der Waals surface area contributed by atoms with Gasteiger partial charge >= 0.3 is 11.9 Å². The second-order valence-corrected chi connectivity index (χ2v) is 6.88. The van der Waals surface area contributed by atoms with Gasteiger partial charge in [-0.25, -0.2) is 9.59 Å². The van der Waals surface area contributed by atoms with Crippen molar-refractivity contribution in [2.45, 2.75) is 79.1 Å². The van der Waals surface area contributed by atoms with Gasteiger partial charge in [-0.2, -0.15) is 0 Å². The maximum Gasteiger partial charge on any atom is 0.331 e. The molecule has 30 heavy (non-hydrogen) atoms. The van der Waals surface area contributed by atoms with Crippen LogP contribution in [-0.2, 0) is 28.5 Å². The average Bonchev–Trinajstić information content (AvgIpc) is 2.76. The summed E-state index contributed by atoms with van der Waals surface area (Å²) >= 11 is 0. The molecule has 6 heteroatoms. The van der Waals surface area contributed by atoms with Crippen LogP contribution in [0.3, 0.4) is 0 Å². The maximum absolute atomic E-state index is 11.6. The van der Waals surface area contributed by atoms with E-state index in [0.29, 0.717) is 0 Å². The molecule has 0 amide bonds. The van der Waals surface area contributed by atoms with E-state index in [4.69, 9.17) is 18.9 Å². The number of rotatable bonds is 18. The third-order valence-corrected chi connectivity index (χ3v) is 4.36. The average molecular weight is 425 g/mol. The zero-order chi connectivity index (χ0) is 22.5. The lowest BCUT2D eigenvalue weighted by molar-refractivity contribution is -0.141. The van der Waals surface area contributed by atoms with Crippen molar-refractivity contribution in [3.63, 3.8) is 0 Å². The summed E-state index contributed by atoms with van der Waals surface area (Å²) in [5.74, 6) is -1.21. The highest BCUT2D eigenvalue weighted by atomic mass is 16.6. The van der Waals surface area contributed by atoms with Crippen molar-refractivity contribution in [3.05, 3.63) is 35.8 Å². The van der Waals surface area contributed by atoms with E-state index < -0.39 is 11.9 Å². The molecule has 0 radical (unpaired) electrons. The molecule has 0 aliphatic rings. The molecule has 0 heterocycles. The molecule has 0 spiro atoms. The predicted molar refractivity (Wildman–Crippen MR) is 119 cm³/mol. The molecule has 0 aromatic carbocycles. The Bertz CT molecular complexity index is 500. The van der Waals surface area contributed by atoms with E-state index in [-0.39, 0.29) is 26.4 Å². The number of carbonyl (C=O) groups is 2. The van der Waals surface area contributed by atoms with Gasteiger partial charge in [0.1, 0.15) is 26.4 Å². The zero-order valence-electron chi connectivity index (χ0n) is 19.2. The van der Waals surface area contributed by atoms with E-state index in [9.17, 15) is 9.59 Å². The number of hydrogen-bond acceptors (Lipinski definition) is 6. The highest BCUT2D eigenvalue weighted by molar-refractivity contribution is 5.91. The molecule has 0 saturated heterocycles. The monoisotopic (exact) mass is 424 g/mol. The van der Waals surface area contributed by atoms with Gasteiger partial charge in [-0.05, 0) is 49.7 Å². The summed E-state index contributed by atoms with van der Waals surface area (Å²) in [6.07, 6.45) is 14.1. The van der Waals surface area contributed by atoms with E-state index in [0.717, 1.165) is 63.5 Å². The smallest absolute Gasteiger partial charge is 0.331 e. The minimum absolute atomic E-state index is 0.122. The standard InChI is InChI=1S/C24H40O6/c1-5-9-11-21(7-3)19-27-15-17-29-23(25)13-14-24(26)30-18-16-28-20-22(8-4)12-10-6-2/h13-14,19-20H,5-12,15-18H2,1-4H3/b14-13+,21-19?,22-20?. The van der Waals surface area contributed by atoms with Crippen LogP contribution < -0.4 is 0 Å². The van der Waals surface area contributed by atoms with Crippen LogP contribution in [0.4, 0.5) is 0 Å². The number of esters is 2. The Hall–Kier alpha value is -2.24. The molecule has 172 valence electrons. The Balaban J connectivity index is 3.91. The topological polar surface area (TPSA) is 71.1 Å². The van der Waals surface area contributed by atoms with Gasteiger partial charge in [-0.1, -0.05) is 40.5 Å². The Morgan fingerprint density at radius 2 is 1.03 bits per heavy atom. The van der Waals surface area contributed by atoms with Gasteiger partial charge in [0.15, 0.2) is 0 Å². The minimum Gasteiger partial charge on any atom is -0.498 e. The maximum atomic E-state index is 11.6. The van der Waals surface area contributed by atoms with Gasteiger partial charge in [-0.15, -0.1) is 0 Å². The van der Waals surface area contributed by atoms with Gasteiger partial charge in [0, 0.05) is 12.2 Å². The number of carbonyl (C=O) groups excluding carboxylic acids is 2. The van der Waals surface area contributed by atoms with Gasteiger partial charge < -0.3 is 18.9 Å². The first-order valence-electron chi connectivity index (χ1n) is 11.2. The summed E-state index contributed by atoms with van der Waals surface area (Å²) in [5, 5.41) is 0. The number of ether oxygens (including phenoxy) is 4. The van der Waals surface area contributed by atoms with Crippen LogP contribution >= 0.6 is 0 Å². The molecule has 0 saturated carbocycles. The van der Waals surface area contributed by atoms with Crippen molar-refractivity contribution in [1.29, 1.82) is 0 Å². The van der Waals surface area contributed by atoms with Crippen LogP contribution in [0, 0.1) is 0 Å². The molecule has 0 aromatic heterocycles. The molecule has 0 rings (SSSR count). The first-order valence-corrected chi connectivity index (χ1v) is 11.2. The highest BCUT2D eigenvalue weighted by Gasteiger charge is 2.02.